The second-order valence-electron chi connectivity index (χ2n) is 6.94. The number of hydrogen-bond donors (Lipinski definition) is 1. The van der Waals surface area contributed by atoms with Gasteiger partial charge in [-0.3, -0.25) is 9.59 Å². The molecular weight excluding hydrogens is 321 g/mol. The summed E-state index contributed by atoms with van der Waals surface area (Å²) in [4.78, 5) is 26.0. The van der Waals surface area contributed by atoms with Crippen LogP contribution in [-0.2, 0) is 9.59 Å². The second kappa shape index (κ2) is 8.72. The number of carbonyl (C=O) groups is 2. The van der Waals surface area contributed by atoms with Gasteiger partial charge in [-0.15, -0.1) is 0 Å². The zero-order chi connectivity index (χ0) is 17.6. The molecule has 0 aromatic carbocycles. The van der Waals surface area contributed by atoms with Gasteiger partial charge in [0.2, 0.25) is 11.8 Å². The van der Waals surface area contributed by atoms with Gasteiger partial charge < -0.3 is 10.2 Å². The minimum atomic E-state index is -4.22. The van der Waals surface area contributed by atoms with Gasteiger partial charge in [0.1, 0.15) is 0 Å². The van der Waals surface area contributed by atoms with Crippen molar-refractivity contribution in [3.05, 3.63) is 0 Å². The van der Waals surface area contributed by atoms with Crippen LogP contribution >= 0.6 is 0 Å². The molecule has 1 aliphatic heterocycles. The number of hydrogen-bond acceptors (Lipinski definition) is 2. The fourth-order valence-electron chi connectivity index (χ4n) is 3.64. The van der Waals surface area contributed by atoms with Gasteiger partial charge in [0.05, 0.1) is 5.92 Å². The summed E-state index contributed by atoms with van der Waals surface area (Å²) in [7, 11) is 0. The van der Waals surface area contributed by atoms with Crippen LogP contribution in [0.4, 0.5) is 13.2 Å². The largest absolute Gasteiger partial charge is 0.391 e. The van der Waals surface area contributed by atoms with Crippen LogP contribution in [0.25, 0.3) is 0 Å². The number of likely N-dealkylation sites (tertiary alicyclic amines) is 1. The fraction of sp³-hybridized carbons (Fsp3) is 0.882. The lowest BCUT2D eigenvalue weighted by Gasteiger charge is -2.29. The molecule has 1 aliphatic carbocycles. The Balaban J connectivity index is 1.71. The minimum Gasteiger partial charge on any atom is -0.355 e. The summed E-state index contributed by atoms with van der Waals surface area (Å²) >= 11 is 0. The van der Waals surface area contributed by atoms with E-state index in [2.05, 4.69) is 5.32 Å². The van der Waals surface area contributed by atoms with Gasteiger partial charge in [-0.05, 0) is 32.1 Å². The number of halogens is 3. The quantitative estimate of drug-likeness (QED) is 0.848. The molecule has 0 spiro atoms. The third-order valence-electron chi connectivity index (χ3n) is 5.10. The summed E-state index contributed by atoms with van der Waals surface area (Å²) in [6, 6.07) is 0. The molecule has 24 heavy (non-hydrogen) atoms. The van der Waals surface area contributed by atoms with Crippen LogP contribution in [0.2, 0.25) is 0 Å². The van der Waals surface area contributed by atoms with Gasteiger partial charge in [0, 0.05) is 32.0 Å². The summed E-state index contributed by atoms with van der Waals surface area (Å²) < 4.78 is 38.4. The number of alkyl halides is 3. The van der Waals surface area contributed by atoms with E-state index in [1.807, 2.05) is 4.90 Å². The van der Waals surface area contributed by atoms with Gasteiger partial charge in [-0.2, -0.15) is 13.2 Å². The van der Waals surface area contributed by atoms with Crippen molar-refractivity contribution in [2.75, 3.05) is 19.6 Å². The van der Waals surface area contributed by atoms with Gasteiger partial charge in [0.25, 0.3) is 0 Å². The average Bonchev–Trinajstić information content (AvgIpc) is 2.83. The minimum absolute atomic E-state index is 0.0222. The van der Waals surface area contributed by atoms with E-state index in [1.165, 1.54) is 0 Å². The zero-order valence-corrected chi connectivity index (χ0v) is 14.0. The van der Waals surface area contributed by atoms with Crippen LogP contribution < -0.4 is 5.32 Å². The van der Waals surface area contributed by atoms with Gasteiger partial charge in [-0.1, -0.05) is 19.3 Å². The lowest BCUT2D eigenvalue weighted by molar-refractivity contribution is -0.186. The first-order valence-electron chi connectivity index (χ1n) is 9.00. The molecule has 0 aromatic heterocycles. The predicted molar refractivity (Wildman–Crippen MR) is 84.2 cm³/mol. The molecule has 0 aromatic rings. The monoisotopic (exact) mass is 348 g/mol. The van der Waals surface area contributed by atoms with Crippen molar-refractivity contribution in [1.29, 1.82) is 0 Å². The van der Waals surface area contributed by atoms with Crippen molar-refractivity contribution in [2.45, 2.75) is 64.0 Å². The first-order valence-corrected chi connectivity index (χ1v) is 9.00. The fourth-order valence-corrected chi connectivity index (χ4v) is 3.64. The predicted octanol–water partition coefficient (Wildman–Crippen LogP) is 3.26. The normalized spacial score (nSPS) is 25.9. The third-order valence-corrected chi connectivity index (χ3v) is 5.10. The van der Waals surface area contributed by atoms with E-state index >= 15 is 0 Å². The molecule has 4 nitrogen and oxygen atoms in total. The number of rotatable bonds is 4. The van der Waals surface area contributed by atoms with Crippen molar-refractivity contribution >= 4 is 11.8 Å². The molecule has 2 fully saturated rings. The van der Waals surface area contributed by atoms with E-state index in [0.717, 1.165) is 38.8 Å². The molecule has 7 heteroatoms. The van der Waals surface area contributed by atoms with Gasteiger partial charge in [0.15, 0.2) is 0 Å². The van der Waals surface area contributed by atoms with E-state index in [4.69, 9.17) is 0 Å². The Morgan fingerprint density at radius 2 is 1.67 bits per heavy atom. The maximum Gasteiger partial charge on any atom is 0.391 e. The molecule has 138 valence electrons. The van der Waals surface area contributed by atoms with E-state index < -0.39 is 18.0 Å². The number of carbonyl (C=O) groups excluding carboxylic acids is 2. The maximum atomic E-state index is 12.8. The molecule has 1 saturated carbocycles. The highest BCUT2D eigenvalue weighted by atomic mass is 19.4. The van der Waals surface area contributed by atoms with E-state index in [1.54, 1.807) is 0 Å². The molecule has 2 rings (SSSR count). The molecule has 1 N–H and O–H groups in total. The molecule has 2 aliphatic rings. The molecule has 1 heterocycles. The van der Waals surface area contributed by atoms with Gasteiger partial charge in [-0.25, -0.2) is 0 Å². The van der Waals surface area contributed by atoms with Crippen LogP contribution in [0.3, 0.4) is 0 Å². The van der Waals surface area contributed by atoms with E-state index in [9.17, 15) is 22.8 Å². The Kier molecular flexibility index (Phi) is 6.92. The highest BCUT2D eigenvalue weighted by Gasteiger charge is 2.43. The van der Waals surface area contributed by atoms with Crippen LogP contribution in [-0.4, -0.2) is 42.5 Å². The average molecular weight is 348 g/mol. The molecule has 0 bridgehead atoms. The van der Waals surface area contributed by atoms with Crippen molar-refractivity contribution in [3.8, 4) is 0 Å². The Bertz CT molecular complexity index is 432. The van der Waals surface area contributed by atoms with Crippen LogP contribution in [0.1, 0.15) is 57.8 Å². The summed E-state index contributed by atoms with van der Waals surface area (Å²) in [5.41, 5.74) is 0. The van der Waals surface area contributed by atoms with Gasteiger partial charge >= 0.3 is 6.18 Å². The molecule has 1 saturated heterocycles. The highest BCUT2D eigenvalue weighted by Crippen LogP contribution is 2.39. The van der Waals surface area contributed by atoms with Crippen LogP contribution in [0, 0.1) is 11.8 Å². The summed E-state index contributed by atoms with van der Waals surface area (Å²) in [6.07, 6.45) is 1.22. The smallest absolute Gasteiger partial charge is 0.355 e. The molecular formula is C17H27F3N2O2. The first-order chi connectivity index (χ1) is 11.4. The SMILES string of the molecule is O=C(NCCC(=O)N1CCCCCC1)[C@@H]1CCC[C@H](C(F)(F)F)C1. The van der Waals surface area contributed by atoms with Crippen molar-refractivity contribution in [3.63, 3.8) is 0 Å². The van der Waals surface area contributed by atoms with Crippen LogP contribution in [0.15, 0.2) is 0 Å². The Labute approximate surface area is 141 Å². The highest BCUT2D eigenvalue weighted by molar-refractivity contribution is 5.80. The lowest BCUT2D eigenvalue weighted by Crippen LogP contribution is -2.39. The molecule has 0 radical (unpaired) electrons. The summed E-state index contributed by atoms with van der Waals surface area (Å²) in [5.74, 6) is -2.28. The standard InChI is InChI=1S/C17H27F3N2O2/c18-17(19,20)14-7-5-6-13(12-14)16(24)21-9-8-15(23)22-10-3-1-2-4-11-22/h13-14H,1-12H2,(H,21,24)/t13-,14+/m1/s1. The number of nitrogens with zero attached hydrogens (tertiary/aromatic N) is 1. The zero-order valence-electron chi connectivity index (χ0n) is 14.0. The first kappa shape index (κ1) is 19.1. The van der Waals surface area contributed by atoms with Crippen molar-refractivity contribution in [2.24, 2.45) is 11.8 Å². The summed E-state index contributed by atoms with van der Waals surface area (Å²) in [5, 5.41) is 2.66. The second-order valence-corrected chi connectivity index (χ2v) is 6.94. The maximum absolute atomic E-state index is 12.8. The van der Waals surface area contributed by atoms with Crippen molar-refractivity contribution < 1.29 is 22.8 Å². The third kappa shape index (κ3) is 5.67. The Hall–Kier alpha value is -1.27. The van der Waals surface area contributed by atoms with Crippen LogP contribution in [0.5, 0.6) is 0 Å². The van der Waals surface area contributed by atoms with Crippen molar-refractivity contribution in [1.82, 2.24) is 10.2 Å². The Morgan fingerprint density at radius 1 is 1.00 bits per heavy atom. The molecule has 0 unspecified atom stereocenters. The summed E-state index contributed by atoms with van der Waals surface area (Å²) in [6.45, 7) is 1.74. The molecule has 2 atom stereocenters. The number of amides is 2. The molecule has 2 amide bonds. The lowest BCUT2D eigenvalue weighted by atomic mass is 9.80. The van der Waals surface area contributed by atoms with E-state index in [0.29, 0.717) is 12.8 Å². The number of nitrogens with one attached hydrogen (secondary N) is 1. The Morgan fingerprint density at radius 3 is 2.29 bits per heavy atom. The topological polar surface area (TPSA) is 49.4 Å². The van der Waals surface area contributed by atoms with E-state index in [-0.39, 0.29) is 37.6 Å².